The number of benzene rings is 2. The van der Waals surface area contributed by atoms with Crippen molar-refractivity contribution in [1.82, 2.24) is 0 Å². The van der Waals surface area contributed by atoms with E-state index in [1.807, 2.05) is 0 Å². The van der Waals surface area contributed by atoms with Crippen LogP contribution in [0.2, 0.25) is 5.02 Å². The Kier molecular flexibility index (Phi) is 4.10. The van der Waals surface area contributed by atoms with Crippen LogP contribution in [0.15, 0.2) is 36.4 Å². The van der Waals surface area contributed by atoms with Crippen molar-refractivity contribution in [3.05, 3.63) is 58.4 Å². The van der Waals surface area contributed by atoms with Gasteiger partial charge in [-0.05, 0) is 24.3 Å². The van der Waals surface area contributed by atoms with Crippen molar-refractivity contribution in [2.75, 3.05) is 5.73 Å². The van der Waals surface area contributed by atoms with Gasteiger partial charge in [-0.15, -0.1) is 0 Å². The summed E-state index contributed by atoms with van der Waals surface area (Å²) in [6, 6.07) is 8.67. The number of carbonyl (C=O) groups is 1. The van der Waals surface area contributed by atoms with Crippen molar-refractivity contribution in [3.63, 3.8) is 0 Å². The number of para-hydroxylation sites is 1. The van der Waals surface area contributed by atoms with Crippen molar-refractivity contribution < 1.29 is 13.9 Å². The predicted molar refractivity (Wildman–Crippen MR) is 75.1 cm³/mol. The number of anilines is 1. The molecular formula is C14H12ClFN2O2. The van der Waals surface area contributed by atoms with Gasteiger partial charge < -0.3 is 16.2 Å². The Morgan fingerprint density at radius 3 is 2.70 bits per heavy atom. The highest BCUT2D eigenvalue weighted by Crippen LogP contribution is 2.28. The summed E-state index contributed by atoms with van der Waals surface area (Å²) in [6.45, 7) is 0.0492. The van der Waals surface area contributed by atoms with Crippen LogP contribution in [0.5, 0.6) is 5.75 Å². The molecule has 0 aliphatic rings. The third-order valence-corrected chi connectivity index (χ3v) is 3.05. The maximum atomic E-state index is 12.9. The number of rotatable bonds is 4. The average Bonchev–Trinajstić information content (AvgIpc) is 2.38. The Morgan fingerprint density at radius 1 is 1.30 bits per heavy atom. The second kappa shape index (κ2) is 5.79. The van der Waals surface area contributed by atoms with Gasteiger partial charge in [0.1, 0.15) is 12.4 Å². The summed E-state index contributed by atoms with van der Waals surface area (Å²) >= 11 is 5.89. The summed E-state index contributed by atoms with van der Waals surface area (Å²) in [7, 11) is 0. The normalized spacial score (nSPS) is 10.3. The zero-order valence-corrected chi connectivity index (χ0v) is 11.2. The van der Waals surface area contributed by atoms with Crippen molar-refractivity contribution >= 4 is 23.2 Å². The molecule has 0 radical (unpaired) electrons. The first-order chi connectivity index (χ1) is 9.49. The zero-order valence-electron chi connectivity index (χ0n) is 10.4. The minimum atomic E-state index is -0.641. The largest absolute Gasteiger partial charge is 0.486 e. The molecule has 104 valence electrons. The lowest BCUT2D eigenvalue weighted by Crippen LogP contribution is -2.14. The number of amides is 1. The Balaban J connectivity index is 2.25. The van der Waals surface area contributed by atoms with Gasteiger partial charge in [0.25, 0.3) is 5.91 Å². The predicted octanol–water partition coefficient (Wildman–Crippen LogP) is 2.74. The van der Waals surface area contributed by atoms with Gasteiger partial charge in [-0.2, -0.15) is 0 Å². The second-order valence-electron chi connectivity index (χ2n) is 4.11. The smallest absolute Gasteiger partial charge is 0.252 e. The van der Waals surface area contributed by atoms with E-state index >= 15 is 0 Å². The van der Waals surface area contributed by atoms with Crippen LogP contribution >= 0.6 is 11.6 Å². The molecule has 4 nitrogen and oxygen atoms in total. The molecule has 6 heteroatoms. The van der Waals surface area contributed by atoms with Gasteiger partial charge in [0.2, 0.25) is 0 Å². The lowest BCUT2D eigenvalue weighted by atomic mass is 10.1. The van der Waals surface area contributed by atoms with Gasteiger partial charge in [0.05, 0.1) is 16.3 Å². The summed E-state index contributed by atoms with van der Waals surface area (Å²) < 4.78 is 18.4. The number of nitrogen functional groups attached to an aromatic ring is 1. The molecule has 0 heterocycles. The molecule has 0 saturated heterocycles. The zero-order chi connectivity index (χ0) is 14.7. The van der Waals surface area contributed by atoms with Crippen molar-refractivity contribution in [3.8, 4) is 5.75 Å². The standard InChI is InChI=1S/C14H12ClFN2O2/c15-11-6-9(16)5-4-8(11)7-20-13-10(14(18)19)2-1-3-12(13)17/h1-6H,7,17H2,(H2,18,19). The van der Waals surface area contributed by atoms with E-state index in [1.54, 1.807) is 12.1 Å². The molecule has 2 aromatic carbocycles. The van der Waals surface area contributed by atoms with E-state index in [9.17, 15) is 9.18 Å². The highest BCUT2D eigenvalue weighted by Gasteiger charge is 2.13. The lowest BCUT2D eigenvalue weighted by molar-refractivity contribution is 0.0996. The summed E-state index contributed by atoms with van der Waals surface area (Å²) in [6.07, 6.45) is 0. The maximum absolute atomic E-state index is 12.9. The number of ether oxygens (including phenoxy) is 1. The van der Waals surface area contributed by atoms with Crippen LogP contribution in [0.25, 0.3) is 0 Å². The van der Waals surface area contributed by atoms with Gasteiger partial charge in [-0.3, -0.25) is 4.79 Å². The fourth-order valence-electron chi connectivity index (χ4n) is 1.70. The fraction of sp³-hybridized carbons (Fsp3) is 0.0714. The van der Waals surface area contributed by atoms with Gasteiger partial charge in [-0.25, -0.2) is 4.39 Å². The highest BCUT2D eigenvalue weighted by atomic mass is 35.5. The summed E-state index contributed by atoms with van der Waals surface area (Å²) in [5.41, 5.74) is 12.1. The molecule has 0 aliphatic heterocycles. The maximum Gasteiger partial charge on any atom is 0.252 e. The quantitative estimate of drug-likeness (QED) is 0.851. The molecule has 0 atom stereocenters. The van der Waals surface area contributed by atoms with Crippen LogP contribution in [0.1, 0.15) is 15.9 Å². The fourth-order valence-corrected chi connectivity index (χ4v) is 1.92. The van der Waals surface area contributed by atoms with Crippen LogP contribution in [-0.4, -0.2) is 5.91 Å². The first kappa shape index (κ1) is 14.1. The molecule has 4 N–H and O–H groups in total. The Bertz CT molecular complexity index is 662. The summed E-state index contributed by atoms with van der Waals surface area (Å²) in [5.74, 6) is -0.881. The van der Waals surface area contributed by atoms with E-state index in [1.165, 1.54) is 24.3 Å². The number of primary amides is 1. The van der Waals surface area contributed by atoms with Gasteiger partial charge >= 0.3 is 0 Å². The van der Waals surface area contributed by atoms with Crippen LogP contribution < -0.4 is 16.2 Å². The topological polar surface area (TPSA) is 78.3 Å². The Hall–Kier alpha value is -2.27. The molecular weight excluding hydrogens is 283 g/mol. The van der Waals surface area contributed by atoms with Gasteiger partial charge in [0, 0.05) is 5.56 Å². The molecule has 0 unspecified atom stereocenters. The number of carbonyl (C=O) groups excluding carboxylic acids is 1. The van der Waals surface area contributed by atoms with Gasteiger partial charge in [0.15, 0.2) is 5.75 Å². The summed E-state index contributed by atoms with van der Waals surface area (Å²) in [4.78, 5) is 11.3. The number of halogens is 2. The molecule has 2 aromatic rings. The van der Waals surface area contributed by atoms with E-state index in [2.05, 4.69) is 0 Å². The Labute approximate surface area is 120 Å². The monoisotopic (exact) mass is 294 g/mol. The van der Waals surface area contributed by atoms with E-state index in [4.69, 9.17) is 27.8 Å². The Morgan fingerprint density at radius 2 is 2.05 bits per heavy atom. The molecule has 0 bridgehead atoms. The third-order valence-electron chi connectivity index (χ3n) is 2.70. The van der Waals surface area contributed by atoms with E-state index in [0.29, 0.717) is 11.3 Å². The van der Waals surface area contributed by atoms with Crippen LogP contribution in [0.3, 0.4) is 0 Å². The molecule has 0 aliphatic carbocycles. The van der Waals surface area contributed by atoms with Crippen molar-refractivity contribution in [2.45, 2.75) is 6.61 Å². The minimum Gasteiger partial charge on any atom is -0.486 e. The first-order valence-electron chi connectivity index (χ1n) is 5.74. The molecule has 20 heavy (non-hydrogen) atoms. The molecule has 0 saturated carbocycles. The number of nitrogens with two attached hydrogens (primary N) is 2. The van der Waals surface area contributed by atoms with Gasteiger partial charge in [-0.1, -0.05) is 23.7 Å². The van der Waals surface area contributed by atoms with Crippen LogP contribution in [0.4, 0.5) is 10.1 Å². The van der Waals surface area contributed by atoms with Crippen molar-refractivity contribution in [1.29, 1.82) is 0 Å². The van der Waals surface area contributed by atoms with Crippen molar-refractivity contribution in [2.24, 2.45) is 5.73 Å². The SMILES string of the molecule is NC(=O)c1cccc(N)c1OCc1ccc(F)cc1Cl. The minimum absolute atomic E-state index is 0.0492. The van der Waals surface area contributed by atoms with E-state index in [0.717, 1.165) is 0 Å². The second-order valence-corrected chi connectivity index (χ2v) is 4.52. The van der Waals surface area contributed by atoms with Crippen LogP contribution in [0, 0.1) is 5.82 Å². The highest BCUT2D eigenvalue weighted by molar-refractivity contribution is 6.31. The number of hydrogen-bond donors (Lipinski definition) is 2. The number of hydrogen-bond acceptors (Lipinski definition) is 3. The molecule has 0 spiro atoms. The molecule has 0 fully saturated rings. The van der Waals surface area contributed by atoms with E-state index in [-0.39, 0.29) is 22.9 Å². The third kappa shape index (κ3) is 3.00. The molecule has 2 rings (SSSR count). The average molecular weight is 295 g/mol. The van der Waals surface area contributed by atoms with Crippen LogP contribution in [-0.2, 0) is 6.61 Å². The lowest BCUT2D eigenvalue weighted by Gasteiger charge is -2.12. The molecule has 0 aromatic heterocycles. The first-order valence-corrected chi connectivity index (χ1v) is 6.12. The molecule has 1 amide bonds. The van der Waals surface area contributed by atoms with E-state index < -0.39 is 11.7 Å². The summed E-state index contributed by atoms with van der Waals surface area (Å²) in [5, 5.41) is 0.236.